The summed E-state index contributed by atoms with van der Waals surface area (Å²) in [7, 11) is 0. The predicted octanol–water partition coefficient (Wildman–Crippen LogP) is 2.19. The van der Waals surface area contributed by atoms with Crippen molar-refractivity contribution in [2.24, 2.45) is 0 Å². The van der Waals surface area contributed by atoms with E-state index in [-0.39, 0.29) is 5.43 Å². The first-order valence-corrected chi connectivity index (χ1v) is 7.10. The topological polar surface area (TPSA) is 44.5 Å². The van der Waals surface area contributed by atoms with Crippen LogP contribution in [0.5, 0.6) is 0 Å². The Balaban J connectivity index is 2.50. The Morgan fingerprint density at radius 1 is 1.17 bits per heavy atom. The lowest BCUT2D eigenvalue weighted by atomic mass is 10.2. The van der Waals surface area contributed by atoms with E-state index >= 15 is 0 Å². The largest absolute Gasteiger partial charge is 0.612 e. The van der Waals surface area contributed by atoms with Crippen molar-refractivity contribution in [3.05, 3.63) is 59.0 Å². The molecule has 3 rings (SSSR count). The number of hydrogen-bond acceptors (Lipinski definition) is 2. The monoisotopic (exact) mass is 257 g/mol. The minimum absolute atomic E-state index is 0.0349. The van der Waals surface area contributed by atoms with Gasteiger partial charge in [-0.3, -0.25) is 4.79 Å². The summed E-state index contributed by atoms with van der Waals surface area (Å²) in [4.78, 5) is 13.1. The highest BCUT2D eigenvalue weighted by molar-refractivity contribution is 7.90. The minimum Gasteiger partial charge on any atom is -0.612 e. The van der Waals surface area contributed by atoms with E-state index in [1.54, 1.807) is 28.9 Å². The Labute approximate surface area is 107 Å². The zero-order valence-electron chi connectivity index (χ0n) is 9.79. The van der Waals surface area contributed by atoms with Gasteiger partial charge in [-0.15, -0.1) is 0 Å². The fourth-order valence-corrected chi connectivity index (χ4v) is 2.61. The van der Waals surface area contributed by atoms with Gasteiger partial charge in [-0.25, -0.2) is 0 Å². The zero-order valence-corrected chi connectivity index (χ0v) is 10.6. The SMILES string of the molecule is C[S+]([O-])c1ccc2ccn3cccc3c(=O)c2c1. The van der Waals surface area contributed by atoms with Gasteiger partial charge in [0.1, 0.15) is 6.26 Å². The maximum Gasteiger partial charge on any atom is 0.210 e. The first kappa shape index (κ1) is 11.3. The van der Waals surface area contributed by atoms with Crippen molar-refractivity contribution in [1.29, 1.82) is 0 Å². The number of rotatable bonds is 1. The average molecular weight is 257 g/mol. The van der Waals surface area contributed by atoms with Gasteiger partial charge in [0.05, 0.1) is 5.52 Å². The second-order valence-corrected chi connectivity index (χ2v) is 5.53. The van der Waals surface area contributed by atoms with Crippen LogP contribution in [0.4, 0.5) is 0 Å². The number of fused-ring (bicyclic) bond motifs is 2. The van der Waals surface area contributed by atoms with Gasteiger partial charge >= 0.3 is 0 Å². The molecule has 90 valence electrons. The standard InChI is InChI=1S/C14H11NO2S/c1-18(17)11-5-4-10-6-8-15-7-2-3-13(15)14(16)12(10)9-11/h2-9H,1H3. The maximum atomic E-state index is 12.4. The molecule has 0 aliphatic rings. The van der Waals surface area contributed by atoms with Crippen LogP contribution in [0, 0.1) is 0 Å². The Bertz CT molecular complexity index is 793. The molecule has 1 aromatic carbocycles. The van der Waals surface area contributed by atoms with Crippen LogP contribution in [0.25, 0.3) is 16.3 Å². The van der Waals surface area contributed by atoms with Crippen molar-refractivity contribution in [2.45, 2.75) is 4.90 Å². The Morgan fingerprint density at radius 3 is 2.78 bits per heavy atom. The third-order valence-electron chi connectivity index (χ3n) is 3.03. The van der Waals surface area contributed by atoms with Crippen LogP contribution in [0.15, 0.2) is 58.5 Å². The molecule has 0 radical (unpaired) electrons. The lowest BCUT2D eigenvalue weighted by Crippen LogP contribution is -2.02. The van der Waals surface area contributed by atoms with E-state index in [9.17, 15) is 9.35 Å². The maximum absolute atomic E-state index is 12.4. The Kier molecular flexibility index (Phi) is 2.61. The van der Waals surface area contributed by atoms with E-state index in [0.29, 0.717) is 15.8 Å². The number of hydrogen-bond donors (Lipinski definition) is 0. The summed E-state index contributed by atoms with van der Waals surface area (Å²) in [5, 5.41) is 1.47. The molecule has 4 heteroatoms. The van der Waals surface area contributed by atoms with Gasteiger partial charge in [0, 0.05) is 23.8 Å². The van der Waals surface area contributed by atoms with Gasteiger partial charge in [0.2, 0.25) is 5.43 Å². The van der Waals surface area contributed by atoms with Crippen molar-refractivity contribution in [2.75, 3.05) is 6.26 Å². The molecule has 2 heterocycles. The molecule has 0 fully saturated rings. The van der Waals surface area contributed by atoms with Crippen molar-refractivity contribution >= 4 is 27.5 Å². The van der Waals surface area contributed by atoms with Gasteiger partial charge in [-0.2, -0.15) is 0 Å². The first-order chi connectivity index (χ1) is 8.66. The van der Waals surface area contributed by atoms with Crippen molar-refractivity contribution in [3.63, 3.8) is 0 Å². The van der Waals surface area contributed by atoms with Crippen LogP contribution in [-0.2, 0) is 11.2 Å². The van der Waals surface area contributed by atoms with Crippen LogP contribution in [0.1, 0.15) is 0 Å². The Morgan fingerprint density at radius 2 is 2.00 bits per heavy atom. The van der Waals surface area contributed by atoms with Crippen LogP contribution in [0.3, 0.4) is 0 Å². The number of aromatic nitrogens is 1. The molecule has 0 N–H and O–H groups in total. The summed E-state index contributed by atoms with van der Waals surface area (Å²) < 4.78 is 13.3. The van der Waals surface area contributed by atoms with Gasteiger partial charge in [0.15, 0.2) is 4.90 Å². The fourth-order valence-electron chi connectivity index (χ4n) is 2.07. The van der Waals surface area contributed by atoms with Crippen LogP contribution in [0.2, 0.25) is 0 Å². The molecular weight excluding hydrogens is 246 g/mol. The summed E-state index contributed by atoms with van der Waals surface area (Å²) >= 11 is -1.08. The summed E-state index contributed by atoms with van der Waals surface area (Å²) in [6.07, 6.45) is 5.32. The quantitative estimate of drug-likeness (QED) is 0.627. The molecule has 0 aliphatic carbocycles. The molecule has 0 aliphatic heterocycles. The van der Waals surface area contributed by atoms with Crippen molar-refractivity contribution in [1.82, 2.24) is 4.40 Å². The van der Waals surface area contributed by atoms with E-state index in [2.05, 4.69) is 0 Å². The zero-order chi connectivity index (χ0) is 12.7. The molecule has 0 saturated carbocycles. The summed E-state index contributed by atoms with van der Waals surface area (Å²) in [5.74, 6) is 0. The van der Waals surface area contributed by atoms with Gasteiger partial charge < -0.3 is 8.95 Å². The molecule has 2 aromatic heterocycles. The predicted molar refractivity (Wildman–Crippen MR) is 73.5 cm³/mol. The highest BCUT2D eigenvalue weighted by Gasteiger charge is 2.08. The van der Waals surface area contributed by atoms with Gasteiger partial charge in [-0.1, -0.05) is 0 Å². The van der Waals surface area contributed by atoms with Crippen molar-refractivity contribution < 1.29 is 4.55 Å². The van der Waals surface area contributed by atoms with Crippen molar-refractivity contribution in [3.8, 4) is 0 Å². The second kappa shape index (κ2) is 4.15. The summed E-state index contributed by atoms with van der Waals surface area (Å²) in [5.41, 5.74) is 0.594. The number of benzene rings is 1. The molecule has 1 atom stereocenters. The lowest BCUT2D eigenvalue weighted by molar-refractivity contribution is 0.601. The molecular formula is C14H11NO2S. The third-order valence-corrected chi connectivity index (χ3v) is 3.95. The van der Waals surface area contributed by atoms with E-state index in [0.717, 1.165) is 5.39 Å². The third kappa shape index (κ3) is 1.70. The van der Waals surface area contributed by atoms with E-state index in [4.69, 9.17) is 0 Å². The van der Waals surface area contributed by atoms with E-state index in [1.165, 1.54) is 0 Å². The number of nitrogens with zero attached hydrogens (tertiary/aromatic N) is 1. The smallest absolute Gasteiger partial charge is 0.210 e. The minimum atomic E-state index is -1.08. The molecule has 0 spiro atoms. The van der Waals surface area contributed by atoms with Gasteiger partial charge in [0.25, 0.3) is 0 Å². The molecule has 3 nitrogen and oxygen atoms in total. The second-order valence-electron chi connectivity index (χ2n) is 4.15. The molecule has 0 saturated heterocycles. The molecule has 1 unspecified atom stereocenters. The normalized spacial score (nSPS) is 13.0. The van der Waals surface area contributed by atoms with Gasteiger partial charge in [-0.05, 0) is 46.9 Å². The molecule has 3 aromatic rings. The first-order valence-electron chi connectivity index (χ1n) is 5.54. The molecule has 0 bridgehead atoms. The average Bonchev–Trinajstić information content (AvgIpc) is 2.79. The fraction of sp³-hybridized carbons (Fsp3) is 0.0714. The van der Waals surface area contributed by atoms with Crippen LogP contribution in [-0.4, -0.2) is 15.2 Å². The molecule has 18 heavy (non-hydrogen) atoms. The summed E-state index contributed by atoms with van der Waals surface area (Å²) in [6.45, 7) is 0. The summed E-state index contributed by atoms with van der Waals surface area (Å²) in [6, 6.07) is 10.9. The highest BCUT2D eigenvalue weighted by Crippen LogP contribution is 2.16. The lowest BCUT2D eigenvalue weighted by Gasteiger charge is -2.03. The highest BCUT2D eigenvalue weighted by atomic mass is 32.2. The van der Waals surface area contributed by atoms with Crippen LogP contribution < -0.4 is 5.43 Å². The van der Waals surface area contributed by atoms with Crippen LogP contribution >= 0.6 is 0 Å². The van der Waals surface area contributed by atoms with E-state index in [1.807, 2.05) is 30.6 Å². The Hall–Kier alpha value is -1.78. The molecule has 0 amide bonds. The van der Waals surface area contributed by atoms with E-state index < -0.39 is 11.2 Å².